The summed E-state index contributed by atoms with van der Waals surface area (Å²) in [6.45, 7) is 1.56. The maximum atomic E-state index is 13.4. The van der Waals surface area contributed by atoms with Gasteiger partial charge in [-0.25, -0.2) is 17.8 Å². The van der Waals surface area contributed by atoms with Crippen molar-refractivity contribution in [3.63, 3.8) is 0 Å². The van der Waals surface area contributed by atoms with E-state index in [1.807, 2.05) is 11.4 Å². The van der Waals surface area contributed by atoms with Gasteiger partial charge >= 0.3 is 0 Å². The van der Waals surface area contributed by atoms with Crippen molar-refractivity contribution in [3.8, 4) is 0 Å². The Hall–Kier alpha value is -3.04. The number of rotatable bonds is 6. The van der Waals surface area contributed by atoms with Crippen molar-refractivity contribution in [2.75, 3.05) is 10.5 Å². The van der Waals surface area contributed by atoms with Crippen LogP contribution in [0.15, 0.2) is 71.1 Å². The number of anilines is 1. The summed E-state index contributed by atoms with van der Waals surface area (Å²) in [6.07, 6.45) is 0.423. The second kappa shape index (κ2) is 8.60. The normalized spacial score (nSPS) is 16.3. The molecule has 0 aliphatic carbocycles. The Morgan fingerprint density at radius 1 is 1.19 bits per heavy atom. The molecule has 3 aromatic rings. The number of hydrogen-bond acceptors (Lipinski definition) is 5. The van der Waals surface area contributed by atoms with E-state index in [4.69, 9.17) is 0 Å². The maximum absolute atomic E-state index is 13.4. The lowest BCUT2D eigenvalue weighted by Crippen LogP contribution is -2.26. The molecule has 2 heterocycles. The summed E-state index contributed by atoms with van der Waals surface area (Å²) >= 11 is 1.33. The lowest BCUT2D eigenvalue weighted by molar-refractivity contribution is 0.0716. The molecule has 0 radical (unpaired) electrons. The molecule has 1 atom stereocenters. The highest BCUT2D eigenvalue weighted by molar-refractivity contribution is 7.92. The minimum atomic E-state index is -3.41. The van der Waals surface area contributed by atoms with Crippen LogP contribution < -0.4 is 4.72 Å². The molecular formula is C22H20FN3O3S2. The quantitative estimate of drug-likeness (QED) is 0.586. The monoisotopic (exact) mass is 457 g/mol. The van der Waals surface area contributed by atoms with Crippen LogP contribution in [0.25, 0.3) is 0 Å². The molecule has 0 fully saturated rings. The summed E-state index contributed by atoms with van der Waals surface area (Å²) in [5, 5.41) is 7.84. The summed E-state index contributed by atoms with van der Waals surface area (Å²) in [4.78, 5) is 13.6. The third kappa shape index (κ3) is 4.67. The van der Waals surface area contributed by atoms with Crippen molar-refractivity contribution in [2.24, 2.45) is 5.10 Å². The van der Waals surface area contributed by atoms with Crippen LogP contribution in [0.2, 0.25) is 0 Å². The molecule has 2 aromatic carbocycles. The molecule has 0 saturated carbocycles. The Morgan fingerprint density at radius 2 is 1.97 bits per heavy atom. The number of benzene rings is 2. The van der Waals surface area contributed by atoms with E-state index >= 15 is 0 Å². The van der Waals surface area contributed by atoms with Gasteiger partial charge in [0.2, 0.25) is 10.0 Å². The van der Waals surface area contributed by atoms with E-state index in [0.717, 1.165) is 5.56 Å². The molecule has 0 saturated heterocycles. The van der Waals surface area contributed by atoms with E-state index in [1.165, 1.54) is 28.5 Å². The van der Waals surface area contributed by atoms with Gasteiger partial charge in [0.05, 0.1) is 22.4 Å². The smallest absolute Gasteiger partial charge is 0.284 e. The molecule has 0 bridgehead atoms. The van der Waals surface area contributed by atoms with Crippen LogP contribution in [0.3, 0.4) is 0 Å². The maximum Gasteiger partial charge on any atom is 0.284 e. The lowest BCUT2D eigenvalue weighted by atomic mass is 9.98. The third-order valence-corrected chi connectivity index (χ3v) is 7.12. The fourth-order valence-corrected chi connectivity index (χ4v) is 4.63. The van der Waals surface area contributed by atoms with Crippen molar-refractivity contribution in [1.29, 1.82) is 0 Å². The Labute approximate surface area is 184 Å². The zero-order valence-electron chi connectivity index (χ0n) is 16.7. The first-order valence-corrected chi connectivity index (χ1v) is 12.2. The zero-order chi connectivity index (χ0) is 22.0. The van der Waals surface area contributed by atoms with Crippen LogP contribution in [-0.2, 0) is 10.0 Å². The standard InChI is InChI=1S/C22H20FN3O3S2/c1-2-31(28,29)25-18-6-3-5-16(13-18)19-14-20(15-8-10-17(23)11-9-15)26(24-19)22(27)21-7-4-12-30-21/h3-13,20,25H,2,14H2,1H3/t20-/m1/s1. The van der Waals surface area contributed by atoms with Gasteiger partial charge in [0, 0.05) is 12.1 Å². The van der Waals surface area contributed by atoms with E-state index in [-0.39, 0.29) is 23.5 Å². The number of halogens is 1. The van der Waals surface area contributed by atoms with Crippen molar-refractivity contribution in [3.05, 3.63) is 87.9 Å². The average molecular weight is 458 g/mol. The number of sulfonamides is 1. The van der Waals surface area contributed by atoms with Crippen molar-refractivity contribution < 1.29 is 17.6 Å². The second-order valence-corrected chi connectivity index (χ2v) is 9.99. The van der Waals surface area contributed by atoms with Crippen LogP contribution in [-0.4, -0.2) is 30.8 Å². The Bertz CT molecular complexity index is 1220. The van der Waals surface area contributed by atoms with E-state index in [0.29, 0.717) is 28.3 Å². The molecule has 1 aliphatic heterocycles. The van der Waals surface area contributed by atoms with Gasteiger partial charge in [-0.2, -0.15) is 5.10 Å². The molecule has 1 amide bonds. The van der Waals surface area contributed by atoms with Crippen LogP contribution in [0.1, 0.15) is 40.2 Å². The highest BCUT2D eigenvalue weighted by Crippen LogP contribution is 2.35. The topological polar surface area (TPSA) is 78.8 Å². The largest absolute Gasteiger partial charge is 0.284 e. The minimum absolute atomic E-state index is 0.0338. The Balaban J connectivity index is 1.69. The fraction of sp³-hybridized carbons (Fsp3) is 0.182. The van der Waals surface area contributed by atoms with Crippen molar-refractivity contribution in [2.45, 2.75) is 19.4 Å². The number of nitrogens with one attached hydrogen (secondary N) is 1. The molecule has 4 rings (SSSR count). The zero-order valence-corrected chi connectivity index (χ0v) is 18.3. The number of hydrazone groups is 1. The lowest BCUT2D eigenvalue weighted by Gasteiger charge is -2.21. The van der Waals surface area contributed by atoms with E-state index < -0.39 is 10.0 Å². The molecule has 1 N–H and O–H groups in total. The number of carbonyl (C=O) groups excluding carboxylic acids is 1. The van der Waals surface area contributed by atoms with Gasteiger partial charge in [-0.05, 0) is 53.8 Å². The average Bonchev–Trinajstić information content (AvgIpc) is 3.44. The molecule has 160 valence electrons. The summed E-state index contributed by atoms with van der Waals surface area (Å²) in [6, 6.07) is 16.1. The molecule has 6 nitrogen and oxygen atoms in total. The molecule has 0 spiro atoms. The van der Waals surface area contributed by atoms with Crippen LogP contribution in [0.4, 0.5) is 10.1 Å². The summed E-state index contributed by atoms with van der Waals surface area (Å²) < 4.78 is 39.8. The molecule has 0 unspecified atom stereocenters. The van der Waals surface area contributed by atoms with Gasteiger partial charge in [0.25, 0.3) is 5.91 Å². The number of amides is 1. The minimum Gasteiger partial charge on any atom is -0.284 e. The first-order valence-electron chi connectivity index (χ1n) is 9.67. The first kappa shape index (κ1) is 21.2. The molecular weight excluding hydrogens is 437 g/mol. The van der Waals surface area contributed by atoms with E-state index in [1.54, 1.807) is 49.4 Å². The number of nitrogens with zero attached hydrogens (tertiary/aromatic N) is 2. The first-order chi connectivity index (χ1) is 14.9. The summed E-state index contributed by atoms with van der Waals surface area (Å²) in [5.74, 6) is -0.620. The van der Waals surface area contributed by atoms with Gasteiger partial charge in [0.15, 0.2) is 0 Å². The van der Waals surface area contributed by atoms with Gasteiger partial charge < -0.3 is 0 Å². The summed E-state index contributed by atoms with van der Waals surface area (Å²) in [5.41, 5.74) is 2.57. The Kier molecular flexibility index (Phi) is 5.88. The van der Waals surface area contributed by atoms with Gasteiger partial charge in [-0.3, -0.25) is 9.52 Å². The SMILES string of the molecule is CCS(=O)(=O)Nc1cccc(C2=NN(C(=O)c3cccs3)[C@@H](c3ccc(F)cc3)C2)c1. The van der Waals surface area contributed by atoms with Gasteiger partial charge in [-0.1, -0.05) is 30.3 Å². The van der Waals surface area contributed by atoms with E-state index in [2.05, 4.69) is 9.82 Å². The highest BCUT2D eigenvalue weighted by Gasteiger charge is 2.34. The van der Waals surface area contributed by atoms with Crippen LogP contribution in [0.5, 0.6) is 0 Å². The molecule has 1 aromatic heterocycles. The second-order valence-electron chi connectivity index (χ2n) is 7.03. The Morgan fingerprint density at radius 3 is 2.65 bits per heavy atom. The number of carbonyl (C=O) groups is 1. The van der Waals surface area contributed by atoms with Crippen molar-refractivity contribution in [1.82, 2.24) is 5.01 Å². The summed E-state index contributed by atoms with van der Waals surface area (Å²) in [7, 11) is -3.41. The predicted molar refractivity (Wildman–Crippen MR) is 120 cm³/mol. The molecule has 1 aliphatic rings. The predicted octanol–water partition coefficient (Wildman–Crippen LogP) is 4.64. The van der Waals surface area contributed by atoms with Crippen LogP contribution in [0, 0.1) is 5.82 Å². The van der Waals surface area contributed by atoms with Crippen LogP contribution >= 0.6 is 11.3 Å². The molecule has 31 heavy (non-hydrogen) atoms. The number of hydrogen-bond donors (Lipinski definition) is 1. The fourth-order valence-electron chi connectivity index (χ4n) is 3.34. The third-order valence-electron chi connectivity index (χ3n) is 4.95. The van der Waals surface area contributed by atoms with Gasteiger partial charge in [-0.15, -0.1) is 11.3 Å². The van der Waals surface area contributed by atoms with Crippen molar-refractivity contribution >= 4 is 38.7 Å². The number of thiophene rings is 1. The van der Waals surface area contributed by atoms with E-state index in [9.17, 15) is 17.6 Å². The molecule has 9 heteroatoms. The van der Waals surface area contributed by atoms with Gasteiger partial charge in [0.1, 0.15) is 5.82 Å². The highest BCUT2D eigenvalue weighted by atomic mass is 32.2.